The van der Waals surface area contributed by atoms with Gasteiger partial charge in [0.15, 0.2) is 0 Å². The minimum Gasteiger partial charge on any atom is -0.481 e. The monoisotopic (exact) mass is 311 g/mol. The third-order valence-corrected chi connectivity index (χ3v) is 4.90. The lowest BCUT2D eigenvalue weighted by atomic mass is 9.99. The number of hydrogen-bond acceptors (Lipinski definition) is 3. The van der Waals surface area contributed by atoms with Crippen LogP contribution < -0.4 is 4.90 Å². The quantitative estimate of drug-likeness (QED) is 0.946. The molecular weight excluding hydrogens is 294 g/mol. The van der Waals surface area contributed by atoms with Gasteiger partial charge in [-0.25, -0.2) is 0 Å². The molecule has 0 bridgehead atoms. The lowest BCUT2D eigenvalue weighted by Crippen LogP contribution is -2.32. The van der Waals surface area contributed by atoms with Crippen LogP contribution >= 0.6 is 0 Å². The molecule has 1 N–H and O–H groups in total. The van der Waals surface area contributed by atoms with Gasteiger partial charge in [-0.2, -0.15) is 0 Å². The van der Waals surface area contributed by atoms with Gasteiger partial charge in [-0.15, -0.1) is 0 Å². The van der Waals surface area contributed by atoms with Crippen LogP contribution in [0.3, 0.4) is 0 Å². The first-order valence-electron chi connectivity index (χ1n) is 7.72. The molecule has 1 aromatic carbocycles. The van der Waals surface area contributed by atoms with Crippen LogP contribution in [0.15, 0.2) is 34.9 Å². The summed E-state index contributed by atoms with van der Waals surface area (Å²) in [6.45, 7) is 2.44. The summed E-state index contributed by atoms with van der Waals surface area (Å²) < 4.78 is 5.31. The van der Waals surface area contributed by atoms with Crippen molar-refractivity contribution in [2.24, 2.45) is 0 Å². The van der Waals surface area contributed by atoms with E-state index in [0.29, 0.717) is 17.7 Å². The number of furan rings is 1. The van der Waals surface area contributed by atoms with Crippen molar-refractivity contribution >= 4 is 17.6 Å². The molecule has 2 aliphatic rings. The molecule has 1 aliphatic heterocycles. The Hall–Kier alpha value is -2.56. The first-order valence-corrected chi connectivity index (χ1v) is 7.72. The number of aliphatic carboxylic acids is 1. The molecule has 1 aliphatic carbocycles. The third kappa shape index (κ3) is 2.07. The first-order chi connectivity index (χ1) is 11.0. The maximum absolute atomic E-state index is 13.1. The number of carbonyl (C=O) groups is 2. The van der Waals surface area contributed by atoms with Gasteiger partial charge in [-0.05, 0) is 31.4 Å². The molecule has 0 radical (unpaired) electrons. The largest absolute Gasteiger partial charge is 0.481 e. The predicted octanol–water partition coefficient (Wildman–Crippen LogP) is 2.91. The number of rotatable bonds is 3. The summed E-state index contributed by atoms with van der Waals surface area (Å²) in [5.74, 6) is -0.938. The molecule has 0 unspecified atom stereocenters. The highest BCUT2D eigenvalue weighted by Crippen LogP contribution is 2.56. The van der Waals surface area contributed by atoms with Gasteiger partial charge in [0.25, 0.3) is 5.91 Å². The minimum absolute atomic E-state index is 0.108. The van der Waals surface area contributed by atoms with Crippen molar-refractivity contribution in [1.82, 2.24) is 0 Å². The summed E-state index contributed by atoms with van der Waals surface area (Å²) >= 11 is 0. The van der Waals surface area contributed by atoms with Gasteiger partial charge in [0.2, 0.25) is 0 Å². The van der Waals surface area contributed by atoms with Crippen LogP contribution in [0.1, 0.15) is 40.1 Å². The zero-order valence-electron chi connectivity index (χ0n) is 12.8. The number of carboxylic acid groups (broad SMARTS) is 1. The van der Waals surface area contributed by atoms with Gasteiger partial charge < -0.3 is 14.4 Å². The van der Waals surface area contributed by atoms with Crippen LogP contribution in [0.5, 0.6) is 0 Å². The fourth-order valence-electron chi connectivity index (χ4n) is 3.58. The molecule has 1 aromatic heterocycles. The highest BCUT2D eigenvalue weighted by Gasteiger charge is 2.53. The molecule has 1 spiro atoms. The molecular formula is C18H17NO4. The van der Waals surface area contributed by atoms with Gasteiger partial charge >= 0.3 is 5.97 Å². The van der Waals surface area contributed by atoms with Crippen molar-refractivity contribution in [1.29, 1.82) is 0 Å². The lowest BCUT2D eigenvalue weighted by Gasteiger charge is -2.18. The lowest BCUT2D eigenvalue weighted by molar-refractivity contribution is -0.136. The number of carbonyl (C=O) groups excluding carboxylic acids is 1. The summed E-state index contributed by atoms with van der Waals surface area (Å²) in [4.78, 5) is 25.9. The molecule has 2 aromatic rings. The molecule has 118 valence electrons. The van der Waals surface area contributed by atoms with Crippen LogP contribution in [0.4, 0.5) is 5.69 Å². The van der Waals surface area contributed by atoms with Crippen molar-refractivity contribution in [2.45, 2.75) is 31.6 Å². The second kappa shape index (κ2) is 4.72. The van der Waals surface area contributed by atoms with Crippen molar-refractivity contribution < 1.29 is 19.1 Å². The third-order valence-electron chi connectivity index (χ3n) is 4.90. The van der Waals surface area contributed by atoms with Crippen LogP contribution in [0.2, 0.25) is 0 Å². The standard InChI is InChI=1S/C18H17NO4/c1-11-9-23-14(8-15(20)21)16(11)17(22)19-10-18(6-7-18)12-4-2-3-5-13(12)19/h2-5,9H,6-8,10H2,1H3,(H,20,21). The average molecular weight is 311 g/mol. The summed E-state index contributed by atoms with van der Waals surface area (Å²) in [7, 11) is 0. The summed E-state index contributed by atoms with van der Waals surface area (Å²) in [5, 5.41) is 9.01. The number of hydrogen-bond donors (Lipinski definition) is 1. The SMILES string of the molecule is Cc1coc(CC(=O)O)c1C(=O)N1CC2(CC2)c2ccccc21. The summed E-state index contributed by atoms with van der Waals surface area (Å²) in [6.07, 6.45) is 3.37. The van der Waals surface area contributed by atoms with Crippen molar-refractivity contribution in [2.75, 3.05) is 11.4 Å². The van der Waals surface area contributed by atoms with Crippen molar-refractivity contribution in [3.63, 3.8) is 0 Å². The van der Waals surface area contributed by atoms with E-state index in [0.717, 1.165) is 18.5 Å². The number of benzene rings is 1. The highest BCUT2D eigenvalue weighted by atomic mass is 16.4. The molecule has 23 heavy (non-hydrogen) atoms. The maximum Gasteiger partial charge on any atom is 0.311 e. The topological polar surface area (TPSA) is 70.7 Å². The van der Waals surface area contributed by atoms with E-state index < -0.39 is 5.97 Å². The molecule has 5 nitrogen and oxygen atoms in total. The molecule has 1 saturated carbocycles. The van der Waals surface area contributed by atoms with Gasteiger partial charge in [-0.1, -0.05) is 18.2 Å². The Bertz CT molecular complexity index is 816. The second-order valence-corrected chi connectivity index (χ2v) is 6.48. The Labute approximate surface area is 133 Å². The number of fused-ring (bicyclic) bond motifs is 2. The van der Waals surface area contributed by atoms with Crippen LogP contribution in [0.25, 0.3) is 0 Å². The Morgan fingerprint density at radius 1 is 1.30 bits per heavy atom. The van der Waals surface area contributed by atoms with Gasteiger partial charge in [0.05, 0.1) is 11.8 Å². The van der Waals surface area contributed by atoms with Crippen LogP contribution in [-0.2, 0) is 16.6 Å². The Kier molecular flexibility index (Phi) is 2.88. The Morgan fingerprint density at radius 3 is 2.74 bits per heavy atom. The van der Waals surface area contributed by atoms with Crippen molar-refractivity contribution in [3.05, 3.63) is 53.0 Å². The van der Waals surface area contributed by atoms with E-state index in [-0.39, 0.29) is 23.5 Å². The normalized spacial score (nSPS) is 17.3. The maximum atomic E-state index is 13.1. The zero-order valence-corrected chi connectivity index (χ0v) is 12.8. The zero-order chi connectivity index (χ0) is 16.2. The fraction of sp³-hybridized carbons (Fsp3) is 0.333. The van der Waals surface area contributed by atoms with Gasteiger partial charge in [0, 0.05) is 23.2 Å². The number of carboxylic acids is 1. The molecule has 1 fully saturated rings. The number of aryl methyl sites for hydroxylation is 1. The molecule has 4 rings (SSSR count). The highest BCUT2D eigenvalue weighted by molar-refractivity contribution is 6.09. The molecule has 2 heterocycles. The van der Waals surface area contributed by atoms with Crippen molar-refractivity contribution in [3.8, 4) is 0 Å². The summed E-state index contributed by atoms with van der Waals surface area (Å²) in [6, 6.07) is 8.00. The molecule has 5 heteroatoms. The van der Waals surface area contributed by atoms with E-state index in [9.17, 15) is 9.59 Å². The van der Waals surface area contributed by atoms with E-state index in [1.165, 1.54) is 11.8 Å². The molecule has 0 atom stereocenters. The Balaban J connectivity index is 1.74. The summed E-state index contributed by atoms with van der Waals surface area (Å²) in [5.41, 5.74) is 3.35. The number of para-hydroxylation sites is 1. The predicted molar refractivity (Wildman–Crippen MR) is 83.8 cm³/mol. The van der Waals surface area contributed by atoms with E-state index >= 15 is 0 Å². The minimum atomic E-state index is -1.01. The van der Waals surface area contributed by atoms with Crippen LogP contribution in [0, 0.1) is 6.92 Å². The van der Waals surface area contributed by atoms with E-state index in [1.54, 1.807) is 11.8 Å². The van der Waals surface area contributed by atoms with E-state index in [2.05, 4.69) is 6.07 Å². The smallest absolute Gasteiger partial charge is 0.311 e. The average Bonchev–Trinajstić information content (AvgIpc) is 3.11. The van der Waals surface area contributed by atoms with Gasteiger partial charge in [-0.3, -0.25) is 9.59 Å². The van der Waals surface area contributed by atoms with E-state index in [1.807, 2.05) is 18.2 Å². The van der Waals surface area contributed by atoms with Crippen LogP contribution in [-0.4, -0.2) is 23.5 Å². The number of nitrogens with zero attached hydrogens (tertiary/aromatic N) is 1. The van der Waals surface area contributed by atoms with Gasteiger partial charge in [0.1, 0.15) is 12.2 Å². The van der Waals surface area contributed by atoms with E-state index in [4.69, 9.17) is 9.52 Å². The molecule has 1 amide bonds. The first kappa shape index (κ1) is 14.1. The second-order valence-electron chi connectivity index (χ2n) is 6.48. The Morgan fingerprint density at radius 2 is 2.04 bits per heavy atom. The molecule has 0 saturated heterocycles. The number of anilines is 1. The fourth-order valence-corrected chi connectivity index (χ4v) is 3.58. The number of amides is 1.